The minimum Gasteiger partial charge on any atom is -0.481 e. The summed E-state index contributed by atoms with van der Waals surface area (Å²) in [6, 6.07) is 0. The normalized spacial score (nSPS) is 46.1. The van der Waals surface area contributed by atoms with Gasteiger partial charge < -0.3 is 5.11 Å². The van der Waals surface area contributed by atoms with E-state index >= 15 is 0 Å². The Labute approximate surface area is 76.7 Å². The Morgan fingerprint density at radius 1 is 1.67 bits per heavy atom. The number of hydrogen-bond donors (Lipinski definition) is 1. The van der Waals surface area contributed by atoms with Crippen LogP contribution in [0.25, 0.3) is 0 Å². The molecule has 0 radical (unpaired) electrons. The Morgan fingerprint density at radius 3 is 2.92 bits per heavy atom. The van der Waals surface area contributed by atoms with E-state index in [9.17, 15) is 4.79 Å². The summed E-state index contributed by atoms with van der Waals surface area (Å²) in [5.41, 5.74) is 0.189. The predicted molar refractivity (Wildman–Crippen MR) is 49.3 cm³/mol. The van der Waals surface area contributed by atoms with E-state index in [1.807, 2.05) is 11.8 Å². The van der Waals surface area contributed by atoms with Crippen molar-refractivity contribution in [2.75, 3.05) is 5.75 Å². The first-order chi connectivity index (χ1) is 5.67. The van der Waals surface area contributed by atoms with E-state index in [1.54, 1.807) is 0 Å². The van der Waals surface area contributed by atoms with Crippen molar-refractivity contribution in [2.45, 2.75) is 31.4 Å². The van der Waals surface area contributed by atoms with Gasteiger partial charge in [-0.3, -0.25) is 4.79 Å². The predicted octanol–water partition coefficient (Wildman–Crippen LogP) is 1.99. The van der Waals surface area contributed by atoms with Gasteiger partial charge in [-0.05, 0) is 30.4 Å². The Morgan fingerprint density at radius 2 is 2.42 bits per heavy atom. The average molecular weight is 186 g/mol. The number of carbonyl (C=O) groups is 1. The average Bonchev–Trinajstić information content (AvgIpc) is 2.72. The lowest BCUT2D eigenvalue weighted by Crippen LogP contribution is -2.25. The van der Waals surface area contributed by atoms with Crippen molar-refractivity contribution in [3.63, 3.8) is 0 Å². The minimum absolute atomic E-state index is 0.0275. The van der Waals surface area contributed by atoms with E-state index < -0.39 is 5.97 Å². The topological polar surface area (TPSA) is 37.3 Å². The first kappa shape index (κ1) is 8.42. The summed E-state index contributed by atoms with van der Waals surface area (Å²) >= 11 is 1.95. The van der Waals surface area contributed by atoms with Gasteiger partial charge in [-0.15, -0.1) is 0 Å². The summed E-state index contributed by atoms with van der Waals surface area (Å²) in [6.45, 7) is 2.19. The molecule has 0 amide bonds. The molecule has 1 aliphatic carbocycles. The molecule has 2 fully saturated rings. The fourth-order valence-corrected chi connectivity index (χ4v) is 3.79. The fourth-order valence-electron chi connectivity index (χ4n) is 2.41. The molecule has 2 rings (SSSR count). The molecular weight excluding hydrogens is 172 g/mol. The number of carboxylic acids is 1. The number of carboxylic acid groups (broad SMARTS) is 1. The highest BCUT2D eigenvalue weighted by atomic mass is 32.2. The highest BCUT2D eigenvalue weighted by molar-refractivity contribution is 7.99. The van der Waals surface area contributed by atoms with Gasteiger partial charge in [0.15, 0.2) is 0 Å². The van der Waals surface area contributed by atoms with Crippen molar-refractivity contribution in [3.8, 4) is 0 Å². The molecule has 68 valence electrons. The van der Waals surface area contributed by atoms with Crippen LogP contribution in [0, 0.1) is 11.3 Å². The molecule has 0 aromatic carbocycles. The lowest BCUT2D eigenvalue weighted by Gasteiger charge is -2.28. The van der Waals surface area contributed by atoms with Crippen LogP contribution in [0.1, 0.15) is 26.2 Å². The number of thioether (sulfide) groups is 1. The van der Waals surface area contributed by atoms with Crippen molar-refractivity contribution in [2.24, 2.45) is 11.3 Å². The van der Waals surface area contributed by atoms with E-state index in [0.717, 1.165) is 12.8 Å². The molecule has 12 heavy (non-hydrogen) atoms. The lowest BCUT2D eigenvalue weighted by molar-refractivity contribution is -0.139. The van der Waals surface area contributed by atoms with Gasteiger partial charge in [0.05, 0.1) is 5.92 Å². The quantitative estimate of drug-likeness (QED) is 0.680. The van der Waals surface area contributed by atoms with Gasteiger partial charge in [0.1, 0.15) is 0 Å². The van der Waals surface area contributed by atoms with E-state index in [1.165, 1.54) is 12.2 Å². The van der Waals surface area contributed by atoms with Crippen molar-refractivity contribution in [3.05, 3.63) is 0 Å². The first-order valence-corrected chi connectivity index (χ1v) is 5.56. The van der Waals surface area contributed by atoms with Crippen LogP contribution in [0.2, 0.25) is 0 Å². The van der Waals surface area contributed by atoms with Crippen LogP contribution < -0.4 is 0 Å². The summed E-state index contributed by atoms with van der Waals surface area (Å²) in [5, 5.41) is 9.44. The second-order valence-corrected chi connectivity index (χ2v) is 5.39. The van der Waals surface area contributed by atoms with Gasteiger partial charge in [0.25, 0.3) is 0 Å². The van der Waals surface area contributed by atoms with Gasteiger partial charge in [0, 0.05) is 5.25 Å². The standard InChI is InChI=1S/C9H14O2S/c1-6-9(3-2-4-12-6)5-7(9)8(10)11/h6-7H,2-5H2,1H3,(H,10,11). The van der Waals surface area contributed by atoms with E-state index in [4.69, 9.17) is 5.11 Å². The number of rotatable bonds is 1. The third-order valence-electron chi connectivity index (χ3n) is 3.38. The zero-order valence-corrected chi connectivity index (χ0v) is 8.06. The van der Waals surface area contributed by atoms with Crippen LogP contribution in [0.15, 0.2) is 0 Å². The molecule has 1 N–H and O–H groups in total. The third-order valence-corrected chi connectivity index (χ3v) is 4.87. The Balaban J connectivity index is 2.07. The lowest BCUT2D eigenvalue weighted by atomic mass is 9.93. The zero-order chi connectivity index (χ0) is 8.77. The van der Waals surface area contributed by atoms with Crippen molar-refractivity contribution in [1.29, 1.82) is 0 Å². The summed E-state index contributed by atoms with van der Waals surface area (Å²) in [7, 11) is 0. The van der Waals surface area contributed by atoms with Crippen LogP contribution >= 0.6 is 11.8 Å². The smallest absolute Gasteiger partial charge is 0.307 e. The Kier molecular flexibility index (Phi) is 1.86. The van der Waals surface area contributed by atoms with Crippen LogP contribution in [0.5, 0.6) is 0 Å². The molecule has 0 bridgehead atoms. The summed E-state index contributed by atoms with van der Waals surface area (Å²) in [6.07, 6.45) is 3.27. The third kappa shape index (κ3) is 1.06. The molecule has 0 aromatic rings. The molecule has 3 unspecified atom stereocenters. The van der Waals surface area contributed by atoms with Crippen LogP contribution in [-0.2, 0) is 4.79 Å². The second kappa shape index (κ2) is 2.66. The molecule has 1 saturated carbocycles. The Bertz CT molecular complexity index is 217. The molecule has 1 spiro atoms. The first-order valence-electron chi connectivity index (χ1n) is 4.51. The molecular formula is C9H14O2S. The van der Waals surface area contributed by atoms with E-state index in [2.05, 4.69) is 6.92 Å². The molecule has 3 atom stereocenters. The maximum absolute atomic E-state index is 10.8. The molecule has 2 nitrogen and oxygen atoms in total. The van der Waals surface area contributed by atoms with E-state index in [0.29, 0.717) is 5.25 Å². The SMILES string of the molecule is CC1SCCCC12CC2C(=O)O. The molecule has 3 heteroatoms. The van der Waals surface area contributed by atoms with Crippen molar-refractivity contribution in [1.82, 2.24) is 0 Å². The van der Waals surface area contributed by atoms with Crippen LogP contribution in [-0.4, -0.2) is 22.1 Å². The van der Waals surface area contributed by atoms with Gasteiger partial charge in [-0.1, -0.05) is 6.92 Å². The van der Waals surface area contributed by atoms with Crippen LogP contribution in [0.4, 0.5) is 0 Å². The molecule has 2 aliphatic rings. The van der Waals surface area contributed by atoms with Gasteiger partial charge >= 0.3 is 5.97 Å². The monoisotopic (exact) mass is 186 g/mol. The largest absolute Gasteiger partial charge is 0.481 e. The molecule has 1 aliphatic heterocycles. The maximum atomic E-state index is 10.8. The molecule has 1 saturated heterocycles. The van der Waals surface area contributed by atoms with Crippen LogP contribution in [0.3, 0.4) is 0 Å². The molecule has 1 heterocycles. The highest BCUT2D eigenvalue weighted by Crippen LogP contribution is 2.63. The number of aliphatic carboxylic acids is 1. The summed E-state index contributed by atoms with van der Waals surface area (Å²) < 4.78 is 0. The van der Waals surface area contributed by atoms with Gasteiger partial charge in [-0.25, -0.2) is 0 Å². The van der Waals surface area contributed by atoms with Crippen molar-refractivity contribution >= 4 is 17.7 Å². The fraction of sp³-hybridized carbons (Fsp3) is 0.889. The minimum atomic E-state index is -0.579. The molecule has 0 aromatic heterocycles. The van der Waals surface area contributed by atoms with Gasteiger partial charge in [0.2, 0.25) is 0 Å². The summed E-state index contributed by atoms with van der Waals surface area (Å²) in [5.74, 6) is 0.611. The van der Waals surface area contributed by atoms with Crippen molar-refractivity contribution < 1.29 is 9.90 Å². The maximum Gasteiger partial charge on any atom is 0.307 e. The van der Waals surface area contributed by atoms with Gasteiger partial charge in [-0.2, -0.15) is 11.8 Å². The zero-order valence-electron chi connectivity index (χ0n) is 7.25. The second-order valence-electron chi connectivity index (χ2n) is 3.94. The Hall–Kier alpha value is -0.180. The highest BCUT2D eigenvalue weighted by Gasteiger charge is 2.61. The number of hydrogen-bond acceptors (Lipinski definition) is 2. The summed E-state index contributed by atoms with van der Waals surface area (Å²) in [4.78, 5) is 10.8. The van der Waals surface area contributed by atoms with E-state index in [-0.39, 0.29) is 11.3 Å².